The first-order chi connectivity index (χ1) is 17.4. The zero-order valence-electron chi connectivity index (χ0n) is 20.1. The van der Waals surface area contributed by atoms with Gasteiger partial charge in [-0.3, -0.25) is 9.69 Å². The van der Waals surface area contributed by atoms with Crippen LogP contribution in [0.15, 0.2) is 60.7 Å². The van der Waals surface area contributed by atoms with E-state index in [1.807, 2.05) is 6.92 Å². The van der Waals surface area contributed by atoms with Gasteiger partial charge in [-0.25, -0.2) is 4.39 Å². The number of ether oxygens (including phenoxy) is 1. The van der Waals surface area contributed by atoms with Crippen LogP contribution in [0.25, 0.3) is 11.1 Å². The van der Waals surface area contributed by atoms with Gasteiger partial charge >= 0.3 is 6.18 Å². The van der Waals surface area contributed by atoms with Crippen LogP contribution in [0.2, 0.25) is 0 Å². The lowest BCUT2D eigenvalue weighted by Crippen LogP contribution is -2.44. The lowest BCUT2D eigenvalue weighted by Gasteiger charge is -2.30. The van der Waals surface area contributed by atoms with Crippen LogP contribution in [0.1, 0.15) is 31.9 Å². The molecule has 190 valence electrons. The van der Waals surface area contributed by atoms with Crippen molar-refractivity contribution in [1.29, 1.82) is 5.26 Å². The Bertz CT molecular complexity index is 1430. The summed E-state index contributed by atoms with van der Waals surface area (Å²) in [4.78, 5) is 15.6. The summed E-state index contributed by atoms with van der Waals surface area (Å²) in [7, 11) is 0. The second-order valence-electron chi connectivity index (χ2n) is 8.78. The average molecular weight is 528 g/mol. The summed E-state index contributed by atoms with van der Waals surface area (Å²) >= 11 is 5.48. The first-order valence-corrected chi connectivity index (χ1v) is 11.6. The third kappa shape index (κ3) is 4.62. The van der Waals surface area contributed by atoms with Crippen LogP contribution in [0.3, 0.4) is 0 Å². The Morgan fingerprint density at radius 2 is 1.68 bits per heavy atom. The van der Waals surface area contributed by atoms with Crippen LogP contribution in [0.5, 0.6) is 5.75 Å². The van der Waals surface area contributed by atoms with Gasteiger partial charge in [0.15, 0.2) is 5.11 Å². The summed E-state index contributed by atoms with van der Waals surface area (Å²) in [5.74, 6) is -0.611. The lowest BCUT2D eigenvalue weighted by molar-refractivity contribution is -0.137. The topological polar surface area (TPSA) is 56.6 Å². The van der Waals surface area contributed by atoms with E-state index in [2.05, 4.69) is 0 Å². The summed E-state index contributed by atoms with van der Waals surface area (Å²) in [5, 5.41) is 8.90. The first kappa shape index (κ1) is 26.1. The summed E-state index contributed by atoms with van der Waals surface area (Å²) in [6.07, 6.45) is -4.82. The molecule has 37 heavy (non-hydrogen) atoms. The molecule has 4 rings (SSSR count). The van der Waals surface area contributed by atoms with Crippen molar-refractivity contribution in [3.05, 3.63) is 77.6 Å². The van der Waals surface area contributed by atoms with Crippen LogP contribution >= 0.6 is 12.2 Å². The van der Waals surface area contributed by atoms with Crippen LogP contribution in [0, 0.1) is 17.1 Å². The van der Waals surface area contributed by atoms with E-state index in [0.717, 1.165) is 16.5 Å². The van der Waals surface area contributed by atoms with Gasteiger partial charge in [0, 0.05) is 0 Å². The maximum absolute atomic E-state index is 15.4. The maximum Gasteiger partial charge on any atom is 0.417 e. The molecule has 3 aromatic carbocycles. The van der Waals surface area contributed by atoms with Gasteiger partial charge in [-0.1, -0.05) is 18.2 Å². The summed E-state index contributed by atoms with van der Waals surface area (Å²) < 4.78 is 61.4. The number of benzene rings is 3. The first-order valence-electron chi connectivity index (χ1n) is 11.2. The van der Waals surface area contributed by atoms with Gasteiger partial charge < -0.3 is 9.64 Å². The fourth-order valence-electron chi connectivity index (χ4n) is 4.21. The molecule has 0 bridgehead atoms. The number of halogens is 4. The molecule has 0 radical (unpaired) electrons. The molecule has 0 atom stereocenters. The van der Waals surface area contributed by atoms with Crippen LogP contribution in [0.4, 0.5) is 28.9 Å². The number of nitriles is 1. The predicted octanol–water partition coefficient (Wildman–Crippen LogP) is 6.70. The molecule has 1 fully saturated rings. The predicted molar refractivity (Wildman–Crippen MR) is 136 cm³/mol. The van der Waals surface area contributed by atoms with Crippen molar-refractivity contribution in [2.24, 2.45) is 0 Å². The van der Waals surface area contributed by atoms with E-state index in [0.29, 0.717) is 24.0 Å². The van der Waals surface area contributed by atoms with E-state index >= 15 is 4.39 Å². The third-order valence-electron chi connectivity index (χ3n) is 6.04. The number of hydrogen-bond acceptors (Lipinski definition) is 4. The minimum absolute atomic E-state index is 0.00484. The molecular formula is C27H21F4N3O2S. The molecule has 1 saturated heterocycles. The van der Waals surface area contributed by atoms with Crippen LogP contribution in [-0.4, -0.2) is 23.2 Å². The minimum Gasteiger partial charge on any atom is -0.494 e. The summed E-state index contributed by atoms with van der Waals surface area (Å²) in [6, 6.07) is 16.0. The number of carbonyl (C=O) groups is 1. The monoisotopic (exact) mass is 527 g/mol. The molecule has 10 heteroatoms. The molecule has 1 heterocycles. The zero-order valence-corrected chi connectivity index (χ0v) is 20.9. The highest BCUT2D eigenvalue weighted by atomic mass is 32.1. The van der Waals surface area contributed by atoms with E-state index < -0.39 is 34.6 Å². The van der Waals surface area contributed by atoms with Crippen LogP contribution in [-0.2, 0) is 11.0 Å². The summed E-state index contributed by atoms with van der Waals surface area (Å²) in [6.45, 7) is 5.41. The molecule has 0 N–H and O–H groups in total. The van der Waals surface area contributed by atoms with Crippen molar-refractivity contribution in [2.75, 3.05) is 16.4 Å². The highest BCUT2D eigenvalue weighted by Crippen LogP contribution is 2.41. The van der Waals surface area contributed by atoms with E-state index in [1.54, 1.807) is 30.3 Å². The Balaban J connectivity index is 1.72. The Hall–Kier alpha value is -3.97. The normalized spacial score (nSPS) is 15.2. The number of thiocarbonyl (C=S) groups is 1. The smallest absolute Gasteiger partial charge is 0.417 e. The van der Waals surface area contributed by atoms with E-state index in [9.17, 15) is 18.0 Å². The van der Waals surface area contributed by atoms with Crippen molar-refractivity contribution < 1.29 is 27.1 Å². The second kappa shape index (κ2) is 9.48. The van der Waals surface area contributed by atoms with Crippen molar-refractivity contribution >= 4 is 34.6 Å². The lowest BCUT2D eigenvalue weighted by atomic mass is 10.0. The van der Waals surface area contributed by atoms with Crippen molar-refractivity contribution in [3.63, 3.8) is 0 Å². The second-order valence-corrected chi connectivity index (χ2v) is 9.15. The Labute approximate surface area is 216 Å². The molecular weight excluding hydrogens is 506 g/mol. The fraction of sp³-hybridized carbons (Fsp3) is 0.222. The number of alkyl halides is 3. The molecule has 0 unspecified atom stereocenters. The molecule has 0 aromatic heterocycles. The minimum atomic E-state index is -4.82. The van der Waals surface area contributed by atoms with Gasteiger partial charge in [0.05, 0.1) is 35.2 Å². The van der Waals surface area contributed by atoms with Gasteiger partial charge in [-0.2, -0.15) is 18.4 Å². The fourth-order valence-corrected chi connectivity index (χ4v) is 4.72. The van der Waals surface area contributed by atoms with Gasteiger partial charge in [-0.05, 0) is 86.6 Å². The quantitative estimate of drug-likeness (QED) is 0.273. The molecule has 5 nitrogen and oxygen atoms in total. The molecule has 1 aliphatic rings. The number of rotatable bonds is 5. The Morgan fingerprint density at radius 3 is 2.24 bits per heavy atom. The third-order valence-corrected chi connectivity index (χ3v) is 6.41. The largest absolute Gasteiger partial charge is 0.494 e. The zero-order chi connectivity index (χ0) is 27.1. The standard InChI is InChI=1S/C27H21F4N3O2S/c1-4-36-20-10-6-16(7-11-20)17-8-12-23(22(28)13-17)34-25(37)33(24(35)26(34,2)3)19-9-5-18(15-32)21(14-19)27(29,30)31/h5-14H,4H2,1-3H3. The van der Waals surface area contributed by atoms with Crippen molar-refractivity contribution in [1.82, 2.24) is 0 Å². The number of carbonyl (C=O) groups excluding carboxylic acids is 1. The van der Waals surface area contributed by atoms with E-state index in [1.165, 1.54) is 43.0 Å². The highest BCUT2D eigenvalue weighted by Gasteiger charge is 2.51. The van der Waals surface area contributed by atoms with Crippen molar-refractivity contribution in [2.45, 2.75) is 32.5 Å². The Morgan fingerprint density at radius 1 is 1.03 bits per heavy atom. The van der Waals surface area contributed by atoms with Crippen LogP contribution < -0.4 is 14.5 Å². The SMILES string of the molecule is CCOc1ccc(-c2ccc(N3C(=S)N(c4ccc(C#N)c(C(F)(F)F)c4)C(=O)C3(C)C)c(F)c2)cc1. The molecule has 0 spiro atoms. The molecule has 3 aromatic rings. The molecule has 1 aliphatic heterocycles. The number of nitrogens with zero attached hydrogens (tertiary/aromatic N) is 3. The molecule has 1 amide bonds. The molecule has 0 saturated carbocycles. The van der Waals surface area contributed by atoms with Gasteiger partial charge in [0.2, 0.25) is 0 Å². The number of anilines is 2. The van der Waals surface area contributed by atoms with Crippen molar-refractivity contribution in [3.8, 4) is 22.9 Å². The van der Waals surface area contributed by atoms with E-state index in [4.69, 9.17) is 22.2 Å². The number of amides is 1. The number of hydrogen-bond donors (Lipinski definition) is 0. The highest BCUT2D eigenvalue weighted by molar-refractivity contribution is 7.81. The maximum atomic E-state index is 15.4. The van der Waals surface area contributed by atoms with Gasteiger partial charge in [0.1, 0.15) is 17.1 Å². The van der Waals surface area contributed by atoms with Gasteiger partial charge in [0.25, 0.3) is 5.91 Å². The van der Waals surface area contributed by atoms with E-state index in [-0.39, 0.29) is 16.5 Å². The Kier molecular flexibility index (Phi) is 6.69. The van der Waals surface area contributed by atoms with Gasteiger partial charge in [-0.15, -0.1) is 0 Å². The average Bonchev–Trinajstić information content (AvgIpc) is 3.02. The summed E-state index contributed by atoms with van der Waals surface area (Å²) in [5.41, 5.74) is -2.01. The molecule has 0 aliphatic carbocycles.